The molecule has 0 saturated heterocycles. The lowest BCUT2D eigenvalue weighted by Crippen LogP contribution is -2.32. The Kier molecular flexibility index (Phi) is 4.31. The monoisotopic (exact) mass is 287 g/mol. The largest absolute Gasteiger partial charge is 0.444 e. The van der Waals surface area contributed by atoms with Crippen molar-refractivity contribution in [3.63, 3.8) is 0 Å². The second-order valence-corrected chi connectivity index (χ2v) is 5.90. The molecule has 112 valence electrons. The van der Waals surface area contributed by atoms with Crippen molar-refractivity contribution in [2.45, 2.75) is 39.8 Å². The summed E-state index contributed by atoms with van der Waals surface area (Å²) in [4.78, 5) is 15.9. The van der Waals surface area contributed by atoms with Crippen LogP contribution in [0, 0.1) is 6.92 Å². The van der Waals surface area contributed by atoms with Crippen LogP contribution in [0.2, 0.25) is 0 Å². The van der Waals surface area contributed by atoms with Crippen molar-refractivity contribution in [2.75, 3.05) is 0 Å². The number of aromatic nitrogens is 2. The van der Waals surface area contributed by atoms with Gasteiger partial charge in [0.05, 0.1) is 24.8 Å². The first-order chi connectivity index (χ1) is 9.87. The predicted octanol–water partition coefficient (Wildman–Crippen LogP) is 3.21. The Hall–Kier alpha value is -2.30. The lowest BCUT2D eigenvalue weighted by Gasteiger charge is -2.20. The van der Waals surface area contributed by atoms with E-state index < -0.39 is 11.7 Å². The number of nitrogens with one attached hydrogen (secondary N) is 1. The first-order valence-corrected chi connectivity index (χ1v) is 6.91. The fourth-order valence-corrected chi connectivity index (χ4v) is 1.98. The topological polar surface area (TPSA) is 56.2 Å². The van der Waals surface area contributed by atoms with Gasteiger partial charge in [0.1, 0.15) is 5.60 Å². The van der Waals surface area contributed by atoms with E-state index in [0.717, 1.165) is 16.9 Å². The molecule has 0 bridgehead atoms. The van der Waals surface area contributed by atoms with Crippen molar-refractivity contribution in [3.05, 3.63) is 48.0 Å². The molecule has 0 radical (unpaired) electrons. The molecule has 1 aromatic carbocycles. The highest BCUT2D eigenvalue weighted by Gasteiger charge is 2.16. The average molecular weight is 287 g/mol. The molecule has 1 N–H and O–H groups in total. The average Bonchev–Trinajstić information content (AvgIpc) is 2.83. The van der Waals surface area contributed by atoms with Gasteiger partial charge in [-0.2, -0.15) is 0 Å². The van der Waals surface area contributed by atoms with Crippen molar-refractivity contribution in [1.29, 1.82) is 0 Å². The van der Waals surface area contributed by atoms with Crippen LogP contribution in [0.25, 0.3) is 5.69 Å². The van der Waals surface area contributed by atoms with Gasteiger partial charge in [-0.25, -0.2) is 9.78 Å². The molecule has 1 amide bonds. The van der Waals surface area contributed by atoms with Crippen LogP contribution < -0.4 is 5.32 Å². The number of rotatable bonds is 3. The summed E-state index contributed by atoms with van der Waals surface area (Å²) >= 11 is 0. The number of imidazole rings is 1. The maximum Gasteiger partial charge on any atom is 0.407 e. The molecule has 21 heavy (non-hydrogen) atoms. The number of aryl methyl sites for hydroxylation is 1. The molecule has 0 aliphatic rings. The van der Waals surface area contributed by atoms with E-state index in [4.69, 9.17) is 4.74 Å². The highest BCUT2D eigenvalue weighted by atomic mass is 16.6. The lowest BCUT2D eigenvalue weighted by atomic mass is 10.2. The second kappa shape index (κ2) is 5.99. The van der Waals surface area contributed by atoms with Crippen LogP contribution in [0.5, 0.6) is 0 Å². The maximum atomic E-state index is 11.7. The molecule has 5 nitrogen and oxygen atoms in total. The number of alkyl carbamates (subject to hydrolysis) is 1. The number of carbonyl (C=O) groups excluding carboxylic acids is 1. The van der Waals surface area contributed by atoms with E-state index in [0.29, 0.717) is 6.54 Å². The number of hydrogen-bond acceptors (Lipinski definition) is 3. The van der Waals surface area contributed by atoms with Crippen LogP contribution in [0.4, 0.5) is 4.79 Å². The number of nitrogens with zero attached hydrogens (tertiary/aromatic N) is 2. The van der Waals surface area contributed by atoms with Crippen molar-refractivity contribution < 1.29 is 9.53 Å². The molecule has 2 rings (SSSR count). The molecule has 0 aliphatic heterocycles. The highest BCUT2D eigenvalue weighted by Crippen LogP contribution is 2.15. The van der Waals surface area contributed by atoms with Gasteiger partial charge in [0.25, 0.3) is 0 Å². The van der Waals surface area contributed by atoms with Crippen molar-refractivity contribution >= 4 is 6.09 Å². The lowest BCUT2D eigenvalue weighted by molar-refractivity contribution is 0.0522. The Bertz CT molecular complexity index is 626. The molecule has 0 spiro atoms. The number of amides is 1. The molecule has 0 saturated carbocycles. The molecule has 1 aromatic heterocycles. The molecule has 1 heterocycles. The highest BCUT2D eigenvalue weighted by molar-refractivity contribution is 5.67. The summed E-state index contributed by atoms with van der Waals surface area (Å²) in [6.45, 7) is 7.92. The van der Waals surface area contributed by atoms with E-state index in [1.807, 2.05) is 56.5 Å². The molecular formula is C16H21N3O2. The number of para-hydroxylation sites is 1. The van der Waals surface area contributed by atoms with Crippen LogP contribution in [-0.4, -0.2) is 21.2 Å². The minimum Gasteiger partial charge on any atom is -0.444 e. The standard InChI is InChI=1S/C16H21N3O2/c1-12-7-5-6-8-14(12)19-11-17-9-13(19)10-18-15(20)21-16(2,3)4/h5-9,11H,10H2,1-4H3,(H,18,20). The molecule has 0 aliphatic carbocycles. The normalized spacial score (nSPS) is 11.2. The van der Waals surface area contributed by atoms with Gasteiger partial charge in [0.2, 0.25) is 0 Å². The zero-order valence-electron chi connectivity index (χ0n) is 12.9. The van der Waals surface area contributed by atoms with Crippen molar-refractivity contribution in [2.24, 2.45) is 0 Å². The van der Waals surface area contributed by atoms with E-state index in [-0.39, 0.29) is 0 Å². The van der Waals surface area contributed by atoms with Gasteiger partial charge >= 0.3 is 6.09 Å². The van der Waals surface area contributed by atoms with Crippen LogP contribution in [0.1, 0.15) is 32.0 Å². The van der Waals surface area contributed by atoms with Crippen LogP contribution in [0.3, 0.4) is 0 Å². The van der Waals surface area contributed by atoms with Crippen LogP contribution in [-0.2, 0) is 11.3 Å². The third-order valence-corrected chi connectivity index (χ3v) is 2.90. The zero-order valence-corrected chi connectivity index (χ0v) is 12.9. The second-order valence-electron chi connectivity index (χ2n) is 5.90. The Morgan fingerprint density at radius 1 is 1.33 bits per heavy atom. The third-order valence-electron chi connectivity index (χ3n) is 2.90. The Morgan fingerprint density at radius 3 is 2.71 bits per heavy atom. The molecular weight excluding hydrogens is 266 g/mol. The Morgan fingerprint density at radius 2 is 2.05 bits per heavy atom. The van der Waals surface area contributed by atoms with E-state index in [1.54, 1.807) is 12.5 Å². The molecule has 2 aromatic rings. The Labute approximate surface area is 125 Å². The van der Waals surface area contributed by atoms with Gasteiger partial charge in [-0.15, -0.1) is 0 Å². The van der Waals surface area contributed by atoms with Gasteiger partial charge in [-0.1, -0.05) is 18.2 Å². The molecule has 0 unspecified atom stereocenters. The fourth-order valence-electron chi connectivity index (χ4n) is 1.98. The SMILES string of the molecule is Cc1ccccc1-n1cncc1CNC(=O)OC(C)(C)C. The summed E-state index contributed by atoms with van der Waals surface area (Å²) in [7, 11) is 0. The van der Waals surface area contributed by atoms with Gasteiger partial charge in [-0.3, -0.25) is 0 Å². The number of hydrogen-bond donors (Lipinski definition) is 1. The molecule has 5 heteroatoms. The number of carbonyl (C=O) groups is 1. The first-order valence-electron chi connectivity index (χ1n) is 6.91. The van der Waals surface area contributed by atoms with E-state index in [2.05, 4.69) is 10.3 Å². The predicted molar refractivity (Wildman–Crippen MR) is 81.4 cm³/mol. The van der Waals surface area contributed by atoms with E-state index in [9.17, 15) is 4.79 Å². The van der Waals surface area contributed by atoms with Gasteiger partial charge in [0, 0.05) is 5.69 Å². The maximum absolute atomic E-state index is 11.7. The summed E-state index contributed by atoms with van der Waals surface area (Å²) < 4.78 is 7.19. The summed E-state index contributed by atoms with van der Waals surface area (Å²) in [6, 6.07) is 8.04. The van der Waals surface area contributed by atoms with E-state index in [1.165, 1.54) is 0 Å². The number of benzene rings is 1. The van der Waals surface area contributed by atoms with Crippen LogP contribution >= 0.6 is 0 Å². The summed E-state index contributed by atoms with van der Waals surface area (Å²) in [5.74, 6) is 0. The minimum absolute atomic E-state index is 0.364. The minimum atomic E-state index is -0.500. The summed E-state index contributed by atoms with van der Waals surface area (Å²) in [6.07, 6.45) is 3.05. The smallest absolute Gasteiger partial charge is 0.407 e. The van der Waals surface area contributed by atoms with Crippen molar-refractivity contribution in [1.82, 2.24) is 14.9 Å². The fraction of sp³-hybridized carbons (Fsp3) is 0.375. The summed E-state index contributed by atoms with van der Waals surface area (Å²) in [5.41, 5.74) is 2.60. The number of ether oxygens (including phenoxy) is 1. The van der Waals surface area contributed by atoms with E-state index >= 15 is 0 Å². The van der Waals surface area contributed by atoms with Crippen LogP contribution in [0.15, 0.2) is 36.8 Å². The molecule has 0 atom stereocenters. The zero-order chi connectivity index (χ0) is 15.5. The summed E-state index contributed by atoms with van der Waals surface area (Å²) in [5, 5.41) is 2.75. The third kappa shape index (κ3) is 4.08. The van der Waals surface area contributed by atoms with Crippen molar-refractivity contribution in [3.8, 4) is 5.69 Å². The van der Waals surface area contributed by atoms with Gasteiger partial charge in [0.15, 0.2) is 0 Å². The van der Waals surface area contributed by atoms with Gasteiger partial charge < -0.3 is 14.6 Å². The first kappa shape index (κ1) is 15.1. The molecule has 0 fully saturated rings. The van der Waals surface area contributed by atoms with Gasteiger partial charge in [-0.05, 0) is 39.3 Å². The quantitative estimate of drug-likeness (QED) is 0.943. The Balaban J connectivity index is 2.08.